The van der Waals surface area contributed by atoms with Crippen LogP contribution in [-0.2, 0) is 14.8 Å². The van der Waals surface area contributed by atoms with Gasteiger partial charge in [-0.25, -0.2) is 13.6 Å². The Balaban J connectivity index is 1.85. The highest BCUT2D eigenvalue weighted by atomic mass is 32.2. The maximum absolute atomic E-state index is 12.4. The Morgan fingerprint density at radius 1 is 1.17 bits per heavy atom. The van der Waals surface area contributed by atoms with Crippen LogP contribution in [0.1, 0.15) is 31.0 Å². The van der Waals surface area contributed by atoms with Crippen LogP contribution in [0.15, 0.2) is 53.4 Å². The third-order valence-corrected chi connectivity index (χ3v) is 6.13. The summed E-state index contributed by atoms with van der Waals surface area (Å²) in [6, 6.07) is 14.7. The Hall–Kier alpha value is -2.42. The first kappa shape index (κ1) is 23.9. The number of carbonyl (C=O) groups is 1. The molecular formula is C22H32N4O3S. The lowest BCUT2D eigenvalue weighted by molar-refractivity contribution is -0.122. The second kappa shape index (κ2) is 10.6. The van der Waals surface area contributed by atoms with Gasteiger partial charge in [-0.15, -0.1) is 0 Å². The summed E-state index contributed by atoms with van der Waals surface area (Å²) in [4.78, 5) is 16.6. The average Bonchev–Trinajstić information content (AvgIpc) is 2.70. The van der Waals surface area contributed by atoms with Gasteiger partial charge in [0.15, 0.2) is 0 Å². The van der Waals surface area contributed by atoms with Crippen molar-refractivity contribution in [3.05, 3.63) is 59.7 Å². The van der Waals surface area contributed by atoms with Gasteiger partial charge < -0.3 is 10.2 Å². The van der Waals surface area contributed by atoms with E-state index in [0.29, 0.717) is 6.54 Å². The normalized spacial score (nSPS) is 12.6. The molecule has 2 aromatic rings. The number of nitrogens with two attached hydrogens (primary N) is 1. The number of carbonyl (C=O) groups excluding carboxylic acids is 1. The molecule has 0 spiro atoms. The fraction of sp³-hybridized carbons (Fsp3) is 0.409. The molecule has 0 aliphatic rings. The summed E-state index contributed by atoms with van der Waals surface area (Å²) >= 11 is 0. The second-order valence-corrected chi connectivity index (χ2v) is 9.04. The molecule has 0 aromatic heterocycles. The maximum Gasteiger partial charge on any atom is 0.238 e. The number of primary sulfonamides is 1. The number of amides is 1. The molecule has 8 heteroatoms. The third-order valence-electron chi connectivity index (χ3n) is 5.20. The lowest BCUT2D eigenvalue weighted by atomic mass is 10.1. The van der Waals surface area contributed by atoms with Crippen molar-refractivity contribution in [1.29, 1.82) is 0 Å². The number of benzene rings is 2. The predicted molar refractivity (Wildman–Crippen MR) is 121 cm³/mol. The molecule has 1 unspecified atom stereocenters. The Morgan fingerprint density at radius 2 is 1.83 bits per heavy atom. The van der Waals surface area contributed by atoms with Gasteiger partial charge in [-0.1, -0.05) is 24.3 Å². The zero-order chi connectivity index (χ0) is 22.3. The van der Waals surface area contributed by atoms with Gasteiger partial charge in [-0.3, -0.25) is 9.69 Å². The number of likely N-dealkylation sites (N-methyl/N-ethyl adjacent to an activating group) is 2. The first-order valence-corrected chi connectivity index (χ1v) is 11.6. The highest BCUT2D eigenvalue weighted by molar-refractivity contribution is 7.89. The number of sulfonamides is 1. The van der Waals surface area contributed by atoms with Crippen LogP contribution < -0.4 is 15.4 Å². The summed E-state index contributed by atoms with van der Waals surface area (Å²) in [6.45, 7) is 8.54. The van der Waals surface area contributed by atoms with Gasteiger partial charge in [0.25, 0.3) is 0 Å². The van der Waals surface area contributed by atoms with Gasteiger partial charge in [-0.2, -0.15) is 0 Å². The van der Waals surface area contributed by atoms with Crippen molar-refractivity contribution in [2.75, 3.05) is 38.1 Å². The van der Waals surface area contributed by atoms with E-state index in [9.17, 15) is 13.2 Å². The Bertz CT molecular complexity index is 945. The van der Waals surface area contributed by atoms with Crippen LogP contribution in [0.5, 0.6) is 0 Å². The van der Waals surface area contributed by atoms with E-state index in [1.54, 1.807) is 12.1 Å². The highest BCUT2D eigenvalue weighted by Crippen LogP contribution is 2.20. The molecule has 164 valence electrons. The van der Waals surface area contributed by atoms with Crippen molar-refractivity contribution in [2.24, 2.45) is 5.14 Å². The molecule has 3 N–H and O–H groups in total. The smallest absolute Gasteiger partial charge is 0.238 e. The van der Waals surface area contributed by atoms with Crippen molar-refractivity contribution in [1.82, 2.24) is 10.2 Å². The van der Waals surface area contributed by atoms with Crippen molar-refractivity contribution in [3.63, 3.8) is 0 Å². The Labute approximate surface area is 179 Å². The number of rotatable bonds is 10. The molecule has 2 aromatic carbocycles. The summed E-state index contributed by atoms with van der Waals surface area (Å²) in [5.74, 6) is -0.0502. The SMILES string of the molecule is CCN(CCNC(=O)CN(C)C(C)c1ccc(S(N)(=O)=O)cc1)c1cccc(C)c1. The van der Waals surface area contributed by atoms with Crippen molar-refractivity contribution < 1.29 is 13.2 Å². The van der Waals surface area contributed by atoms with Crippen LogP contribution in [0.3, 0.4) is 0 Å². The number of nitrogens with zero attached hydrogens (tertiary/aromatic N) is 2. The number of nitrogens with one attached hydrogen (secondary N) is 1. The topological polar surface area (TPSA) is 95.7 Å². The molecule has 0 radical (unpaired) electrons. The molecule has 7 nitrogen and oxygen atoms in total. The Morgan fingerprint density at radius 3 is 2.40 bits per heavy atom. The fourth-order valence-electron chi connectivity index (χ4n) is 3.23. The summed E-state index contributed by atoms with van der Waals surface area (Å²) in [6.07, 6.45) is 0. The first-order valence-electron chi connectivity index (χ1n) is 10.0. The zero-order valence-electron chi connectivity index (χ0n) is 18.1. The minimum Gasteiger partial charge on any atom is -0.370 e. The molecule has 0 saturated heterocycles. The molecule has 1 amide bonds. The van der Waals surface area contributed by atoms with Gasteiger partial charge in [0.1, 0.15) is 0 Å². The molecule has 0 aliphatic carbocycles. The molecule has 0 saturated carbocycles. The van der Waals surface area contributed by atoms with E-state index in [1.807, 2.05) is 24.9 Å². The fourth-order valence-corrected chi connectivity index (χ4v) is 3.75. The van der Waals surface area contributed by atoms with E-state index in [0.717, 1.165) is 24.3 Å². The molecule has 0 bridgehead atoms. The third kappa shape index (κ3) is 6.83. The van der Waals surface area contributed by atoms with Crippen LogP contribution in [-0.4, -0.2) is 52.5 Å². The summed E-state index contributed by atoms with van der Waals surface area (Å²) in [5.41, 5.74) is 3.28. The van der Waals surface area contributed by atoms with Gasteiger partial charge >= 0.3 is 0 Å². The van der Waals surface area contributed by atoms with Crippen molar-refractivity contribution in [2.45, 2.75) is 31.7 Å². The van der Waals surface area contributed by atoms with Crippen LogP contribution >= 0.6 is 0 Å². The predicted octanol–water partition coefficient (Wildman–Crippen LogP) is 2.28. The number of hydrogen-bond donors (Lipinski definition) is 2. The lowest BCUT2D eigenvalue weighted by Gasteiger charge is -2.26. The van der Waals surface area contributed by atoms with Crippen LogP contribution in [0.25, 0.3) is 0 Å². The van der Waals surface area contributed by atoms with Crippen LogP contribution in [0.4, 0.5) is 5.69 Å². The monoisotopic (exact) mass is 432 g/mol. The van der Waals surface area contributed by atoms with Gasteiger partial charge in [0.2, 0.25) is 15.9 Å². The van der Waals surface area contributed by atoms with Crippen LogP contribution in [0.2, 0.25) is 0 Å². The van der Waals surface area contributed by atoms with E-state index in [-0.39, 0.29) is 23.4 Å². The highest BCUT2D eigenvalue weighted by Gasteiger charge is 2.16. The maximum atomic E-state index is 12.4. The molecule has 0 aliphatic heterocycles. The average molecular weight is 433 g/mol. The summed E-state index contributed by atoms with van der Waals surface area (Å²) in [5, 5.41) is 8.12. The first-order chi connectivity index (χ1) is 14.1. The molecule has 30 heavy (non-hydrogen) atoms. The summed E-state index contributed by atoms with van der Waals surface area (Å²) < 4.78 is 22.8. The number of hydrogen-bond acceptors (Lipinski definition) is 5. The number of aryl methyl sites for hydroxylation is 1. The Kier molecular flexibility index (Phi) is 8.40. The van der Waals surface area contributed by atoms with E-state index < -0.39 is 10.0 Å². The van der Waals surface area contributed by atoms with Gasteiger partial charge in [0, 0.05) is 31.4 Å². The minimum atomic E-state index is -3.71. The molecule has 1 atom stereocenters. The van der Waals surface area contributed by atoms with E-state index in [4.69, 9.17) is 5.14 Å². The molecular weight excluding hydrogens is 400 g/mol. The standard InChI is InChI=1S/C22H32N4O3S/c1-5-26(20-8-6-7-17(2)15-20)14-13-24-22(27)16-25(4)18(3)19-9-11-21(12-10-19)30(23,28)29/h6-12,15,18H,5,13-14,16H2,1-4H3,(H,24,27)(H2,23,28,29). The quantitative estimate of drug-likeness (QED) is 0.601. The van der Waals surface area contributed by atoms with Crippen LogP contribution in [0, 0.1) is 6.92 Å². The molecule has 0 heterocycles. The van der Waals surface area contributed by atoms with Crippen molar-refractivity contribution >= 4 is 21.6 Å². The largest absolute Gasteiger partial charge is 0.370 e. The molecule has 2 rings (SSSR count). The molecule has 0 fully saturated rings. The van der Waals surface area contributed by atoms with Gasteiger partial charge in [-0.05, 0) is 63.2 Å². The minimum absolute atomic E-state index is 0.0502. The lowest BCUT2D eigenvalue weighted by Crippen LogP contribution is -2.40. The van der Waals surface area contributed by atoms with E-state index in [2.05, 4.69) is 42.3 Å². The van der Waals surface area contributed by atoms with E-state index in [1.165, 1.54) is 17.7 Å². The van der Waals surface area contributed by atoms with E-state index >= 15 is 0 Å². The summed E-state index contributed by atoms with van der Waals surface area (Å²) in [7, 11) is -1.84. The zero-order valence-corrected chi connectivity index (χ0v) is 18.9. The van der Waals surface area contributed by atoms with Crippen molar-refractivity contribution in [3.8, 4) is 0 Å². The van der Waals surface area contributed by atoms with Gasteiger partial charge in [0.05, 0.1) is 11.4 Å². The number of anilines is 1. The second-order valence-electron chi connectivity index (χ2n) is 7.47.